The molecule has 2 aromatic carbocycles. The summed E-state index contributed by atoms with van der Waals surface area (Å²) in [4.78, 5) is 15.1. The molecular formula is C23H30FN3O3S. The Balaban J connectivity index is 1.61. The maximum Gasteiger partial charge on any atom is 0.243 e. The van der Waals surface area contributed by atoms with Gasteiger partial charge in [0, 0.05) is 26.2 Å². The molecule has 1 aliphatic heterocycles. The smallest absolute Gasteiger partial charge is 0.243 e. The van der Waals surface area contributed by atoms with Crippen LogP contribution in [0.1, 0.15) is 37.4 Å². The summed E-state index contributed by atoms with van der Waals surface area (Å²) in [7, 11) is -3.55. The minimum absolute atomic E-state index is 0.133. The SMILES string of the molecule is Cc1ccc(S(=O)(=O)N2CCCN([C@H](C)C(=O)N[C@@H](C)c3ccc(F)cc3)CC2)cc1. The van der Waals surface area contributed by atoms with E-state index in [4.69, 9.17) is 0 Å². The number of benzene rings is 2. The van der Waals surface area contributed by atoms with E-state index >= 15 is 0 Å². The molecule has 1 heterocycles. The molecule has 31 heavy (non-hydrogen) atoms. The predicted octanol–water partition coefficient (Wildman–Crippen LogP) is 3.10. The van der Waals surface area contributed by atoms with Gasteiger partial charge in [0.2, 0.25) is 15.9 Å². The van der Waals surface area contributed by atoms with Crippen LogP contribution in [-0.4, -0.2) is 55.8 Å². The van der Waals surface area contributed by atoms with Gasteiger partial charge in [-0.05, 0) is 57.0 Å². The van der Waals surface area contributed by atoms with Gasteiger partial charge >= 0.3 is 0 Å². The Labute approximate surface area is 184 Å². The second-order valence-corrected chi connectivity index (χ2v) is 10.0. The van der Waals surface area contributed by atoms with Crippen molar-refractivity contribution >= 4 is 15.9 Å². The average Bonchev–Trinajstić information content (AvgIpc) is 3.00. The van der Waals surface area contributed by atoms with Gasteiger partial charge in [-0.2, -0.15) is 4.31 Å². The summed E-state index contributed by atoms with van der Waals surface area (Å²) >= 11 is 0. The monoisotopic (exact) mass is 447 g/mol. The summed E-state index contributed by atoms with van der Waals surface area (Å²) in [6, 6.07) is 12.3. The Morgan fingerprint density at radius 3 is 2.26 bits per heavy atom. The molecule has 8 heteroatoms. The van der Waals surface area contributed by atoms with Crippen molar-refractivity contribution in [1.82, 2.24) is 14.5 Å². The zero-order chi connectivity index (χ0) is 22.6. The summed E-state index contributed by atoms with van der Waals surface area (Å²) in [5.41, 5.74) is 1.84. The lowest BCUT2D eigenvalue weighted by Crippen LogP contribution is -2.47. The summed E-state index contributed by atoms with van der Waals surface area (Å²) in [6.45, 7) is 7.48. The van der Waals surface area contributed by atoms with E-state index in [2.05, 4.69) is 5.32 Å². The van der Waals surface area contributed by atoms with Crippen LogP contribution in [0.4, 0.5) is 4.39 Å². The first-order valence-corrected chi connectivity index (χ1v) is 12.0. The van der Waals surface area contributed by atoms with Crippen LogP contribution in [0.5, 0.6) is 0 Å². The van der Waals surface area contributed by atoms with E-state index in [1.54, 1.807) is 36.4 Å². The van der Waals surface area contributed by atoms with Gasteiger partial charge in [-0.3, -0.25) is 9.69 Å². The lowest BCUT2D eigenvalue weighted by atomic mass is 10.1. The third kappa shape index (κ3) is 5.70. The summed E-state index contributed by atoms with van der Waals surface area (Å²) in [6.07, 6.45) is 0.649. The molecule has 1 amide bonds. The Morgan fingerprint density at radius 1 is 0.968 bits per heavy atom. The number of carbonyl (C=O) groups excluding carboxylic acids is 1. The Morgan fingerprint density at radius 2 is 1.61 bits per heavy atom. The number of rotatable bonds is 6. The number of aryl methyl sites for hydroxylation is 1. The fourth-order valence-corrected chi connectivity index (χ4v) is 5.20. The van der Waals surface area contributed by atoms with E-state index < -0.39 is 16.1 Å². The topological polar surface area (TPSA) is 69.7 Å². The molecule has 0 aromatic heterocycles. The van der Waals surface area contributed by atoms with Crippen LogP contribution in [0.25, 0.3) is 0 Å². The van der Waals surface area contributed by atoms with Crippen LogP contribution in [-0.2, 0) is 14.8 Å². The molecule has 0 unspecified atom stereocenters. The molecule has 6 nitrogen and oxygen atoms in total. The third-order valence-electron chi connectivity index (χ3n) is 5.80. The molecule has 0 bridgehead atoms. The molecule has 1 fully saturated rings. The highest BCUT2D eigenvalue weighted by molar-refractivity contribution is 7.89. The number of hydrogen-bond donors (Lipinski definition) is 1. The number of carbonyl (C=O) groups is 1. The number of sulfonamides is 1. The van der Waals surface area contributed by atoms with Gasteiger partial charge in [0.25, 0.3) is 0 Å². The van der Waals surface area contributed by atoms with Gasteiger partial charge in [-0.1, -0.05) is 29.8 Å². The highest BCUT2D eigenvalue weighted by Crippen LogP contribution is 2.19. The second-order valence-electron chi connectivity index (χ2n) is 8.06. The second kappa shape index (κ2) is 9.89. The third-order valence-corrected chi connectivity index (χ3v) is 7.72. The molecular weight excluding hydrogens is 417 g/mol. The number of hydrogen-bond acceptors (Lipinski definition) is 4. The van der Waals surface area contributed by atoms with Crippen molar-refractivity contribution in [2.45, 2.75) is 44.2 Å². The van der Waals surface area contributed by atoms with Crippen LogP contribution >= 0.6 is 0 Å². The Hall–Kier alpha value is -2.29. The van der Waals surface area contributed by atoms with Crippen LogP contribution in [0.3, 0.4) is 0 Å². The number of halogens is 1. The largest absolute Gasteiger partial charge is 0.348 e. The molecule has 0 aliphatic carbocycles. The molecule has 2 aromatic rings. The van der Waals surface area contributed by atoms with E-state index in [0.717, 1.165) is 11.1 Å². The van der Waals surface area contributed by atoms with E-state index in [0.29, 0.717) is 37.5 Å². The van der Waals surface area contributed by atoms with Gasteiger partial charge in [-0.25, -0.2) is 12.8 Å². The minimum Gasteiger partial charge on any atom is -0.348 e. The van der Waals surface area contributed by atoms with Gasteiger partial charge in [0.15, 0.2) is 0 Å². The normalized spacial score (nSPS) is 18.2. The number of nitrogens with one attached hydrogen (secondary N) is 1. The molecule has 168 valence electrons. The van der Waals surface area contributed by atoms with E-state index in [9.17, 15) is 17.6 Å². The molecule has 0 saturated carbocycles. The molecule has 0 radical (unpaired) electrons. The van der Waals surface area contributed by atoms with Crippen molar-refractivity contribution < 1.29 is 17.6 Å². The summed E-state index contributed by atoms with van der Waals surface area (Å²) in [5, 5.41) is 2.97. The van der Waals surface area contributed by atoms with E-state index in [1.165, 1.54) is 16.4 Å². The van der Waals surface area contributed by atoms with Crippen LogP contribution in [0.2, 0.25) is 0 Å². The van der Waals surface area contributed by atoms with Crippen LogP contribution < -0.4 is 5.32 Å². The molecule has 1 saturated heterocycles. The molecule has 0 spiro atoms. The standard InChI is InChI=1S/C23H30FN3O3S/c1-17-5-11-22(12-6-17)31(29,30)27-14-4-13-26(15-16-27)19(3)23(28)25-18(2)20-7-9-21(24)10-8-20/h5-12,18-19H,4,13-16H2,1-3H3,(H,25,28)/t18-,19+/m0/s1. The fraction of sp³-hybridized carbons (Fsp3) is 0.435. The average molecular weight is 448 g/mol. The maximum absolute atomic E-state index is 13.1. The van der Waals surface area contributed by atoms with Crippen molar-refractivity contribution in [2.24, 2.45) is 0 Å². The zero-order valence-corrected chi connectivity index (χ0v) is 19.0. The first-order valence-electron chi connectivity index (χ1n) is 10.5. The molecule has 1 N–H and O–H groups in total. The van der Waals surface area contributed by atoms with Crippen LogP contribution in [0.15, 0.2) is 53.4 Å². The number of amides is 1. The molecule has 3 rings (SSSR count). The van der Waals surface area contributed by atoms with Crippen molar-refractivity contribution in [2.75, 3.05) is 26.2 Å². The highest BCUT2D eigenvalue weighted by atomic mass is 32.2. The zero-order valence-electron chi connectivity index (χ0n) is 18.2. The Kier molecular flexibility index (Phi) is 7.46. The molecule has 1 aliphatic rings. The highest BCUT2D eigenvalue weighted by Gasteiger charge is 2.30. The lowest BCUT2D eigenvalue weighted by Gasteiger charge is -2.28. The quantitative estimate of drug-likeness (QED) is 0.739. The number of nitrogens with zero attached hydrogens (tertiary/aromatic N) is 2. The van der Waals surface area contributed by atoms with Crippen molar-refractivity contribution in [3.8, 4) is 0 Å². The van der Waals surface area contributed by atoms with Gasteiger partial charge in [-0.15, -0.1) is 0 Å². The van der Waals surface area contributed by atoms with Gasteiger partial charge < -0.3 is 5.32 Å². The summed E-state index contributed by atoms with van der Waals surface area (Å²) < 4.78 is 40.6. The Bertz CT molecular complexity index is 994. The predicted molar refractivity (Wildman–Crippen MR) is 119 cm³/mol. The lowest BCUT2D eigenvalue weighted by molar-refractivity contribution is -0.126. The van der Waals surface area contributed by atoms with Crippen molar-refractivity contribution in [3.05, 3.63) is 65.5 Å². The fourth-order valence-electron chi connectivity index (χ4n) is 3.74. The summed E-state index contributed by atoms with van der Waals surface area (Å²) in [5.74, 6) is -0.447. The van der Waals surface area contributed by atoms with Gasteiger partial charge in [0.1, 0.15) is 5.82 Å². The van der Waals surface area contributed by atoms with E-state index in [1.807, 2.05) is 25.7 Å². The minimum atomic E-state index is -3.55. The van der Waals surface area contributed by atoms with Crippen molar-refractivity contribution in [1.29, 1.82) is 0 Å². The van der Waals surface area contributed by atoms with Crippen LogP contribution in [0, 0.1) is 12.7 Å². The molecule has 2 atom stereocenters. The van der Waals surface area contributed by atoms with E-state index in [-0.39, 0.29) is 17.8 Å². The maximum atomic E-state index is 13.1. The van der Waals surface area contributed by atoms with Crippen molar-refractivity contribution in [3.63, 3.8) is 0 Å². The van der Waals surface area contributed by atoms with Gasteiger partial charge in [0.05, 0.1) is 17.0 Å². The first kappa shape index (κ1) is 23.4. The first-order chi connectivity index (χ1) is 14.7.